The van der Waals surface area contributed by atoms with Crippen LogP contribution in [0.2, 0.25) is 0 Å². The minimum Gasteiger partial charge on any atom is -0.0686 e. The average Bonchev–Trinajstić information content (AvgIpc) is 3.47. The SMILES string of the molecule is c1ccc(B(c2ccccc2)c2cccc3c2-c2ccccc2C32c3ccccc3-c3ccccc32)cc1. The second kappa shape index (κ2) is 8.20. The van der Waals surface area contributed by atoms with Gasteiger partial charge < -0.3 is 0 Å². The van der Waals surface area contributed by atoms with Gasteiger partial charge in [-0.1, -0.05) is 168 Å². The van der Waals surface area contributed by atoms with E-state index in [-0.39, 0.29) is 12.1 Å². The fourth-order valence-electron chi connectivity index (χ4n) is 7.25. The van der Waals surface area contributed by atoms with Gasteiger partial charge in [0.1, 0.15) is 0 Å². The van der Waals surface area contributed by atoms with E-state index >= 15 is 0 Å². The number of benzene rings is 6. The van der Waals surface area contributed by atoms with Crippen molar-refractivity contribution in [3.8, 4) is 22.3 Å². The van der Waals surface area contributed by atoms with Crippen molar-refractivity contribution in [3.63, 3.8) is 0 Å². The minimum atomic E-state index is -0.312. The van der Waals surface area contributed by atoms with Crippen LogP contribution in [0.4, 0.5) is 0 Å². The molecule has 1 spiro atoms. The molecule has 6 aromatic rings. The van der Waals surface area contributed by atoms with Crippen molar-refractivity contribution in [2.75, 3.05) is 0 Å². The Labute approximate surface area is 224 Å². The molecule has 6 aromatic carbocycles. The second-order valence-corrected chi connectivity index (χ2v) is 10.4. The molecule has 176 valence electrons. The summed E-state index contributed by atoms with van der Waals surface area (Å²) in [6.45, 7) is 0.141. The summed E-state index contributed by atoms with van der Waals surface area (Å²) in [4.78, 5) is 0. The van der Waals surface area contributed by atoms with E-state index < -0.39 is 0 Å². The number of hydrogen-bond acceptors (Lipinski definition) is 0. The molecule has 0 atom stereocenters. The zero-order valence-corrected chi connectivity index (χ0v) is 21.0. The first-order valence-corrected chi connectivity index (χ1v) is 13.4. The Balaban J connectivity index is 1.50. The van der Waals surface area contributed by atoms with Crippen LogP contribution in [0.1, 0.15) is 22.3 Å². The van der Waals surface area contributed by atoms with E-state index in [2.05, 4.69) is 152 Å². The maximum atomic E-state index is 2.38. The molecular formula is C37H25B. The molecule has 0 heterocycles. The van der Waals surface area contributed by atoms with E-state index in [1.165, 1.54) is 60.9 Å². The van der Waals surface area contributed by atoms with Crippen LogP contribution >= 0.6 is 0 Å². The summed E-state index contributed by atoms with van der Waals surface area (Å²) in [5, 5.41) is 0. The van der Waals surface area contributed by atoms with Gasteiger partial charge in [-0.05, 0) is 44.5 Å². The molecule has 2 aliphatic carbocycles. The molecule has 0 fully saturated rings. The highest BCUT2D eigenvalue weighted by atomic mass is 14.5. The van der Waals surface area contributed by atoms with Gasteiger partial charge in [-0.15, -0.1) is 0 Å². The second-order valence-electron chi connectivity index (χ2n) is 10.4. The van der Waals surface area contributed by atoms with Crippen LogP contribution in [-0.2, 0) is 5.41 Å². The first kappa shape index (κ1) is 21.5. The van der Waals surface area contributed by atoms with Gasteiger partial charge in [0.2, 0.25) is 6.71 Å². The average molecular weight is 480 g/mol. The third kappa shape index (κ3) is 2.76. The van der Waals surface area contributed by atoms with Crippen molar-refractivity contribution >= 4 is 23.1 Å². The van der Waals surface area contributed by atoms with Crippen molar-refractivity contribution in [2.24, 2.45) is 0 Å². The van der Waals surface area contributed by atoms with Gasteiger partial charge in [0.25, 0.3) is 0 Å². The molecule has 0 saturated carbocycles. The summed E-state index contributed by atoms with van der Waals surface area (Å²) in [6.07, 6.45) is 0. The zero-order valence-electron chi connectivity index (χ0n) is 21.0. The smallest absolute Gasteiger partial charge is 0.0686 e. The topological polar surface area (TPSA) is 0 Å². The molecule has 0 unspecified atom stereocenters. The van der Waals surface area contributed by atoms with Crippen LogP contribution < -0.4 is 16.4 Å². The summed E-state index contributed by atoms with van der Waals surface area (Å²) < 4.78 is 0. The fraction of sp³-hybridized carbons (Fsp3) is 0.0270. The Kier molecular flexibility index (Phi) is 4.63. The molecule has 0 N–H and O–H groups in total. The fourth-order valence-corrected chi connectivity index (χ4v) is 7.25. The summed E-state index contributed by atoms with van der Waals surface area (Å²) in [6, 6.07) is 56.1. The van der Waals surface area contributed by atoms with Gasteiger partial charge in [-0.2, -0.15) is 0 Å². The van der Waals surface area contributed by atoms with Crippen molar-refractivity contribution in [2.45, 2.75) is 5.41 Å². The van der Waals surface area contributed by atoms with Crippen LogP contribution in [-0.4, -0.2) is 6.71 Å². The third-order valence-corrected chi connectivity index (χ3v) is 8.63. The molecule has 1 heteroatoms. The highest BCUT2D eigenvalue weighted by Gasteiger charge is 2.52. The molecule has 0 bridgehead atoms. The van der Waals surface area contributed by atoms with E-state index in [4.69, 9.17) is 0 Å². The first-order valence-electron chi connectivity index (χ1n) is 13.4. The van der Waals surface area contributed by atoms with Crippen molar-refractivity contribution in [3.05, 3.63) is 174 Å². The summed E-state index contributed by atoms with van der Waals surface area (Å²) in [5.74, 6) is 0. The number of fused-ring (bicyclic) bond motifs is 10. The quantitative estimate of drug-likeness (QED) is 0.252. The maximum absolute atomic E-state index is 2.38. The Bertz CT molecular complexity index is 1730. The molecular weight excluding hydrogens is 455 g/mol. The molecule has 0 saturated heterocycles. The highest BCUT2D eigenvalue weighted by molar-refractivity contribution is 6.96. The van der Waals surface area contributed by atoms with E-state index in [9.17, 15) is 0 Å². The Morgan fingerprint density at radius 1 is 0.342 bits per heavy atom. The van der Waals surface area contributed by atoms with Crippen LogP contribution in [0.15, 0.2) is 152 Å². The van der Waals surface area contributed by atoms with Crippen molar-refractivity contribution in [1.82, 2.24) is 0 Å². The number of rotatable bonds is 3. The van der Waals surface area contributed by atoms with Gasteiger partial charge in [0.15, 0.2) is 0 Å². The van der Waals surface area contributed by atoms with Gasteiger partial charge in [0, 0.05) is 0 Å². The highest BCUT2D eigenvalue weighted by Crippen LogP contribution is 2.62. The lowest BCUT2D eigenvalue weighted by Crippen LogP contribution is -2.52. The van der Waals surface area contributed by atoms with E-state index in [1.54, 1.807) is 0 Å². The van der Waals surface area contributed by atoms with E-state index in [0.29, 0.717) is 0 Å². The molecule has 0 nitrogen and oxygen atoms in total. The van der Waals surface area contributed by atoms with E-state index in [0.717, 1.165) is 0 Å². The monoisotopic (exact) mass is 480 g/mol. The van der Waals surface area contributed by atoms with Crippen LogP contribution in [0.3, 0.4) is 0 Å². The summed E-state index contributed by atoms with van der Waals surface area (Å²) in [5.41, 5.74) is 14.7. The Hall–Kier alpha value is -4.62. The Morgan fingerprint density at radius 3 is 1.32 bits per heavy atom. The predicted molar refractivity (Wildman–Crippen MR) is 160 cm³/mol. The van der Waals surface area contributed by atoms with Gasteiger partial charge in [0.05, 0.1) is 5.41 Å². The van der Waals surface area contributed by atoms with Crippen molar-refractivity contribution < 1.29 is 0 Å². The van der Waals surface area contributed by atoms with Crippen molar-refractivity contribution in [1.29, 1.82) is 0 Å². The lowest BCUT2D eigenvalue weighted by atomic mass is 9.36. The molecule has 0 radical (unpaired) electrons. The third-order valence-electron chi connectivity index (χ3n) is 8.63. The molecule has 0 amide bonds. The summed E-state index contributed by atoms with van der Waals surface area (Å²) >= 11 is 0. The predicted octanol–water partition coefficient (Wildman–Crippen LogP) is 6.55. The van der Waals surface area contributed by atoms with Gasteiger partial charge >= 0.3 is 0 Å². The Morgan fingerprint density at radius 2 is 0.763 bits per heavy atom. The van der Waals surface area contributed by atoms with Crippen LogP contribution in [0.25, 0.3) is 22.3 Å². The van der Waals surface area contributed by atoms with Gasteiger partial charge in [-0.3, -0.25) is 0 Å². The molecule has 8 rings (SSSR count). The zero-order chi connectivity index (χ0) is 25.1. The summed E-state index contributed by atoms with van der Waals surface area (Å²) in [7, 11) is 0. The van der Waals surface area contributed by atoms with Crippen LogP contribution in [0.5, 0.6) is 0 Å². The number of hydrogen-bond donors (Lipinski definition) is 0. The lowest BCUT2D eigenvalue weighted by molar-refractivity contribution is 0.794. The standard InChI is InChI=1S/C37H25B/c1-3-14-26(15-4-1)38(27-16-5-2-6-17-27)35-25-13-24-34-36(35)30-20-9-12-23-33(30)37(34)31-21-10-7-18-28(31)29-19-8-11-22-32(29)37/h1-25H. The lowest BCUT2D eigenvalue weighted by Gasteiger charge is -2.30. The molecule has 2 aliphatic rings. The molecule has 0 aromatic heterocycles. The van der Waals surface area contributed by atoms with Gasteiger partial charge in [-0.25, -0.2) is 0 Å². The largest absolute Gasteiger partial charge is 0.242 e. The van der Waals surface area contributed by atoms with E-state index in [1.807, 2.05) is 0 Å². The first-order chi connectivity index (χ1) is 18.9. The molecule has 0 aliphatic heterocycles. The minimum absolute atomic E-state index is 0.141. The molecule has 38 heavy (non-hydrogen) atoms. The maximum Gasteiger partial charge on any atom is 0.242 e. The van der Waals surface area contributed by atoms with Crippen LogP contribution in [0, 0.1) is 0 Å². The normalized spacial score (nSPS) is 13.5.